The molecule has 0 aromatic carbocycles. The molecular weight excluding hydrogens is 284 g/mol. The lowest BCUT2D eigenvalue weighted by atomic mass is 9.96. The second-order valence-electron chi connectivity index (χ2n) is 5.21. The molecule has 2 aromatic heterocycles. The van der Waals surface area contributed by atoms with Crippen molar-refractivity contribution in [3.63, 3.8) is 0 Å². The second-order valence-corrected chi connectivity index (χ2v) is 5.62. The normalized spacial score (nSPS) is 15.6. The highest BCUT2D eigenvalue weighted by Crippen LogP contribution is 2.17. The van der Waals surface area contributed by atoms with Crippen molar-refractivity contribution < 1.29 is 0 Å². The molecule has 7 heteroatoms. The largest absolute Gasteiger partial charge is 0.360 e. The van der Waals surface area contributed by atoms with E-state index in [0.29, 0.717) is 11.2 Å². The van der Waals surface area contributed by atoms with Crippen molar-refractivity contribution in [1.29, 1.82) is 0 Å². The maximum atomic E-state index is 5.35. The third kappa shape index (κ3) is 3.75. The molecule has 2 N–H and O–H groups in total. The molecule has 1 aliphatic rings. The van der Waals surface area contributed by atoms with Gasteiger partial charge in [-0.05, 0) is 37.2 Å². The first-order chi connectivity index (χ1) is 10.3. The summed E-state index contributed by atoms with van der Waals surface area (Å²) < 4.78 is 1.75. The van der Waals surface area contributed by atoms with Gasteiger partial charge in [-0.15, -0.1) is 10.2 Å². The Hall–Kier alpha value is -2.02. The number of nitrogens with zero attached hydrogens (tertiary/aromatic N) is 4. The minimum atomic E-state index is 0.503. The Morgan fingerprint density at radius 1 is 1.14 bits per heavy atom. The lowest BCUT2D eigenvalue weighted by molar-refractivity contribution is 0.415. The molecule has 0 bridgehead atoms. The first-order valence-electron chi connectivity index (χ1n) is 7.20. The van der Waals surface area contributed by atoms with Crippen LogP contribution in [0.3, 0.4) is 0 Å². The number of aromatic nitrogens is 4. The Morgan fingerprint density at radius 2 is 1.90 bits per heavy atom. The number of thiocarbonyl (C=S) groups is 1. The van der Waals surface area contributed by atoms with Gasteiger partial charge in [-0.3, -0.25) is 4.57 Å². The van der Waals surface area contributed by atoms with E-state index < -0.39 is 0 Å². The minimum absolute atomic E-state index is 0.503. The number of rotatable bonds is 3. The van der Waals surface area contributed by atoms with Gasteiger partial charge in [-0.2, -0.15) is 0 Å². The van der Waals surface area contributed by atoms with E-state index in [1.165, 1.54) is 32.1 Å². The third-order valence-corrected chi connectivity index (χ3v) is 3.85. The topological polar surface area (TPSA) is 67.7 Å². The highest BCUT2D eigenvalue weighted by atomic mass is 32.1. The van der Waals surface area contributed by atoms with Crippen molar-refractivity contribution >= 4 is 23.0 Å². The van der Waals surface area contributed by atoms with Crippen LogP contribution in [0.1, 0.15) is 32.1 Å². The van der Waals surface area contributed by atoms with Gasteiger partial charge in [0, 0.05) is 6.04 Å². The predicted molar refractivity (Wildman–Crippen MR) is 85.4 cm³/mol. The van der Waals surface area contributed by atoms with Gasteiger partial charge in [0.15, 0.2) is 5.11 Å². The van der Waals surface area contributed by atoms with Crippen LogP contribution in [0.5, 0.6) is 0 Å². The van der Waals surface area contributed by atoms with Crippen LogP contribution in [-0.2, 0) is 0 Å². The molecule has 6 nitrogen and oxygen atoms in total. The quantitative estimate of drug-likeness (QED) is 0.848. The molecule has 1 saturated carbocycles. The fourth-order valence-electron chi connectivity index (χ4n) is 2.53. The first kappa shape index (κ1) is 13.9. The molecule has 0 saturated heterocycles. The van der Waals surface area contributed by atoms with Gasteiger partial charge in [0.25, 0.3) is 0 Å². The third-order valence-electron chi connectivity index (χ3n) is 3.63. The molecule has 0 radical (unpaired) electrons. The van der Waals surface area contributed by atoms with Crippen LogP contribution >= 0.6 is 12.2 Å². The summed E-state index contributed by atoms with van der Waals surface area (Å²) in [5.41, 5.74) is 0.875. The fraction of sp³-hybridized carbons (Fsp3) is 0.429. The SMILES string of the molecule is S=C(Nc1ccc(-n2cnnc2)nc1)NC1CCCCC1. The summed E-state index contributed by atoms with van der Waals surface area (Å²) in [4.78, 5) is 4.35. The van der Waals surface area contributed by atoms with Gasteiger partial charge >= 0.3 is 0 Å². The van der Waals surface area contributed by atoms with E-state index in [1.54, 1.807) is 23.4 Å². The molecule has 110 valence electrons. The van der Waals surface area contributed by atoms with Crippen molar-refractivity contribution in [3.8, 4) is 5.82 Å². The molecule has 0 amide bonds. The summed E-state index contributed by atoms with van der Waals surface area (Å²) in [5.74, 6) is 0.775. The number of hydrogen-bond donors (Lipinski definition) is 2. The highest BCUT2D eigenvalue weighted by Gasteiger charge is 2.13. The number of anilines is 1. The first-order valence-corrected chi connectivity index (χ1v) is 7.61. The smallest absolute Gasteiger partial charge is 0.171 e. The van der Waals surface area contributed by atoms with Gasteiger partial charge < -0.3 is 10.6 Å². The number of pyridine rings is 1. The van der Waals surface area contributed by atoms with Gasteiger partial charge in [-0.25, -0.2) is 4.98 Å². The Kier molecular flexibility index (Phi) is 4.40. The van der Waals surface area contributed by atoms with E-state index >= 15 is 0 Å². The van der Waals surface area contributed by atoms with E-state index in [1.807, 2.05) is 12.1 Å². The Balaban J connectivity index is 1.56. The van der Waals surface area contributed by atoms with E-state index in [9.17, 15) is 0 Å². The van der Waals surface area contributed by atoms with Gasteiger partial charge in [0.1, 0.15) is 18.5 Å². The van der Waals surface area contributed by atoms with E-state index in [2.05, 4.69) is 25.8 Å². The van der Waals surface area contributed by atoms with Crippen molar-refractivity contribution in [2.45, 2.75) is 38.1 Å². The van der Waals surface area contributed by atoms with Gasteiger partial charge in [0.05, 0.1) is 11.9 Å². The lowest BCUT2D eigenvalue weighted by Crippen LogP contribution is -2.38. The van der Waals surface area contributed by atoms with Gasteiger partial charge in [0.2, 0.25) is 0 Å². The molecular formula is C14H18N6S. The van der Waals surface area contributed by atoms with E-state index in [-0.39, 0.29) is 0 Å². The molecule has 21 heavy (non-hydrogen) atoms. The van der Waals surface area contributed by atoms with E-state index in [4.69, 9.17) is 12.2 Å². The minimum Gasteiger partial charge on any atom is -0.360 e. The maximum Gasteiger partial charge on any atom is 0.171 e. The zero-order chi connectivity index (χ0) is 14.5. The van der Waals surface area contributed by atoms with Crippen LogP contribution in [0.15, 0.2) is 31.0 Å². The predicted octanol–water partition coefficient (Wildman–Crippen LogP) is 2.28. The Bertz CT molecular complexity index is 574. The summed E-state index contributed by atoms with van der Waals surface area (Å²) in [5, 5.41) is 14.7. The highest BCUT2D eigenvalue weighted by molar-refractivity contribution is 7.80. The molecule has 2 heterocycles. The molecule has 3 rings (SSSR count). The van der Waals surface area contributed by atoms with Crippen molar-refractivity contribution in [2.75, 3.05) is 5.32 Å². The van der Waals surface area contributed by atoms with E-state index in [0.717, 1.165) is 11.5 Å². The average Bonchev–Trinajstić information content (AvgIpc) is 3.03. The summed E-state index contributed by atoms with van der Waals surface area (Å²) in [6.07, 6.45) is 11.3. The standard InChI is InChI=1S/C14H18N6S/c21-14(18-11-4-2-1-3-5-11)19-12-6-7-13(15-8-12)20-9-16-17-10-20/h6-11H,1-5H2,(H2,18,19,21). The number of hydrogen-bond acceptors (Lipinski definition) is 4. The van der Waals surface area contributed by atoms with Crippen molar-refractivity contribution in [3.05, 3.63) is 31.0 Å². The molecule has 0 atom stereocenters. The van der Waals surface area contributed by atoms with Gasteiger partial charge in [-0.1, -0.05) is 19.3 Å². The lowest BCUT2D eigenvalue weighted by Gasteiger charge is -2.24. The van der Waals surface area contributed by atoms with Crippen LogP contribution in [0.2, 0.25) is 0 Å². The second kappa shape index (κ2) is 6.62. The molecule has 1 aliphatic carbocycles. The average molecular weight is 302 g/mol. The van der Waals surface area contributed by atoms with Crippen molar-refractivity contribution in [1.82, 2.24) is 25.1 Å². The monoisotopic (exact) mass is 302 g/mol. The molecule has 1 fully saturated rings. The molecule has 0 unspecified atom stereocenters. The maximum absolute atomic E-state index is 5.35. The summed E-state index contributed by atoms with van der Waals surface area (Å²) in [7, 11) is 0. The molecule has 0 aliphatic heterocycles. The molecule has 2 aromatic rings. The zero-order valence-electron chi connectivity index (χ0n) is 11.7. The Morgan fingerprint density at radius 3 is 2.57 bits per heavy atom. The van der Waals surface area contributed by atoms with Crippen LogP contribution in [0.25, 0.3) is 5.82 Å². The summed E-state index contributed by atoms with van der Waals surface area (Å²) >= 11 is 5.35. The molecule has 0 spiro atoms. The Labute approximate surface area is 129 Å². The van der Waals surface area contributed by atoms with Crippen molar-refractivity contribution in [2.24, 2.45) is 0 Å². The van der Waals surface area contributed by atoms with Crippen LogP contribution in [0.4, 0.5) is 5.69 Å². The summed E-state index contributed by atoms with van der Waals surface area (Å²) in [6, 6.07) is 4.34. The number of nitrogens with one attached hydrogen (secondary N) is 2. The zero-order valence-corrected chi connectivity index (χ0v) is 12.5. The van der Waals surface area contributed by atoms with Crippen LogP contribution in [-0.4, -0.2) is 30.9 Å². The summed E-state index contributed by atoms with van der Waals surface area (Å²) in [6.45, 7) is 0. The van der Waals surface area contributed by atoms with Crippen LogP contribution in [0, 0.1) is 0 Å². The van der Waals surface area contributed by atoms with Crippen LogP contribution < -0.4 is 10.6 Å². The fourth-order valence-corrected chi connectivity index (χ4v) is 2.82.